The first-order chi connectivity index (χ1) is 12.3. The molecule has 1 aromatic carbocycles. The van der Waals surface area contributed by atoms with Gasteiger partial charge in [0.25, 0.3) is 0 Å². The van der Waals surface area contributed by atoms with E-state index in [1.807, 2.05) is 12.3 Å². The van der Waals surface area contributed by atoms with Gasteiger partial charge in [-0.25, -0.2) is 0 Å². The van der Waals surface area contributed by atoms with Gasteiger partial charge in [-0.3, -0.25) is 9.78 Å². The van der Waals surface area contributed by atoms with E-state index in [1.54, 1.807) is 6.20 Å². The molecule has 3 unspecified atom stereocenters. The van der Waals surface area contributed by atoms with Crippen LogP contribution >= 0.6 is 12.4 Å². The number of aromatic nitrogens is 1. The molecule has 2 heterocycles. The number of rotatable bonds is 2. The molecule has 1 aliphatic heterocycles. The van der Waals surface area contributed by atoms with Crippen LogP contribution in [-0.4, -0.2) is 35.4 Å². The maximum absolute atomic E-state index is 13.4. The zero-order valence-corrected chi connectivity index (χ0v) is 15.5. The maximum atomic E-state index is 13.4. The standard InChI is InChI=1S/C21H23N3O.ClH/c25-20(18-12-21(18)8-7-15-4-1-2-6-17(15)21)24-11-10-23-14-19(24)16-5-3-9-22-13-16;/h1-6,9,13,18-19,23H,7-8,10-12,14H2;1H. The third-order valence-electron chi connectivity index (χ3n) is 6.36. The van der Waals surface area contributed by atoms with Gasteiger partial charge in [-0.1, -0.05) is 30.3 Å². The minimum Gasteiger partial charge on any atom is -0.333 e. The summed E-state index contributed by atoms with van der Waals surface area (Å²) in [7, 11) is 0. The summed E-state index contributed by atoms with van der Waals surface area (Å²) in [6, 6.07) is 12.8. The lowest BCUT2D eigenvalue weighted by Gasteiger charge is -2.37. The Bertz CT molecular complexity index is 812. The molecule has 1 amide bonds. The Balaban J connectivity index is 0.00000168. The molecule has 1 saturated carbocycles. The summed E-state index contributed by atoms with van der Waals surface area (Å²) < 4.78 is 0. The van der Waals surface area contributed by atoms with E-state index in [2.05, 4.69) is 45.5 Å². The molecule has 1 saturated heterocycles. The highest BCUT2D eigenvalue weighted by atomic mass is 35.5. The zero-order valence-electron chi connectivity index (χ0n) is 14.7. The average molecular weight is 370 g/mol. The number of nitrogens with one attached hydrogen (secondary N) is 1. The van der Waals surface area contributed by atoms with Crippen LogP contribution in [0.25, 0.3) is 0 Å². The molecule has 2 aliphatic carbocycles. The number of amides is 1. The number of halogens is 1. The lowest BCUT2D eigenvalue weighted by atomic mass is 9.94. The van der Waals surface area contributed by atoms with Crippen LogP contribution in [0.4, 0.5) is 0 Å². The Kier molecular flexibility index (Phi) is 4.49. The molecule has 136 valence electrons. The number of fused-ring (bicyclic) bond motifs is 2. The minimum absolute atomic E-state index is 0. The molecule has 2 fully saturated rings. The van der Waals surface area contributed by atoms with E-state index >= 15 is 0 Å². The first kappa shape index (κ1) is 17.5. The highest BCUT2D eigenvalue weighted by Crippen LogP contribution is 2.62. The number of nitrogens with zero attached hydrogens (tertiary/aromatic N) is 2. The van der Waals surface area contributed by atoms with E-state index in [9.17, 15) is 4.79 Å². The molecule has 5 rings (SSSR count). The lowest BCUT2D eigenvalue weighted by molar-refractivity contribution is -0.136. The molecule has 5 heteroatoms. The van der Waals surface area contributed by atoms with E-state index in [-0.39, 0.29) is 29.8 Å². The van der Waals surface area contributed by atoms with Crippen molar-refractivity contribution in [3.8, 4) is 0 Å². The molecule has 2 aromatic rings. The highest BCUT2D eigenvalue weighted by Gasteiger charge is 2.62. The third-order valence-corrected chi connectivity index (χ3v) is 6.36. The lowest BCUT2D eigenvalue weighted by Crippen LogP contribution is -2.49. The Morgan fingerprint density at radius 3 is 2.96 bits per heavy atom. The second kappa shape index (κ2) is 6.67. The monoisotopic (exact) mass is 369 g/mol. The van der Waals surface area contributed by atoms with E-state index in [0.717, 1.165) is 44.5 Å². The Labute approximate surface area is 160 Å². The largest absolute Gasteiger partial charge is 0.333 e. The normalized spacial score (nSPS) is 29.2. The van der Waals surface area contributed by atoms with Crippen molar-refractivity contribution in [3.63, 3.8) is 0 Å². The fourth-order valence-electron chi connectivity index (χ4n) is 4.96. The van der Waals surface area contributed by atoms with Gasteiger partial charge in [0.1, 0.15) is 0 Å². The topological polar surface area (TPSA) is 45.2 Å². The number of benzene rings is 1. The van der Waals surface area contributed by atoms with Crippen LogP contribution in [0, 0.1) is 5.92 Å². The molecule has 3 aliphatic rings. The van der Waals surface area contributed by atoms with Gasteiger partial charge in [0.15, 0.2) is 0 Å². The predicted molar refractivity (Wildman–Crippen MR) is 103 cm³/mol. The molecule has 4 nitrogen and oxygen atoms in total. The molecule has 3 atom stereocenters. The fraction of sp³-hybridized carbons (Fsp3) is 0.429. The second-order valence-corrected chi connectivity index (χ2v) is 7.61. The van der Waals surface area contributed by atoms with Crippen molar-refractivity contribution in [2.24, 2.45) is 5.92 Å². The number of aryl methyl sites for hydroxylation is 1. The first-order valence-electron chi connectivity index (χ1n) is 9.29. The molecule has 1 spiro atoms. The zero-order chi connectivity index (χ0) is 16.9. The van der Waals surface area contributed by atoms with Crippen LogP contribution in [0.1, 0.15) is 35.6 Å². The van der Waals surface area contributed by atoms with E-state index in [0.29, 0.717) is 5.91 Å². The SMILES string of the molecule is Cl.O=C(C1CC12CCc1ccccc12)N1CCNCC1c1cccnc1. The van der Waals surface area contributed by atoms with Crippen LogP contribution in [0.3, 0.4) is 0 Å². The third kappa shape index (κ3) is 2.63. The van der Waals surface area contributed by atoms with Gasteiger partial charge in [-0.05, 0) is 42.0 Å². The molecule has 26 heavy (non-hydrogen) atoms. The van der Waals surface area contributed by atoms with E-state index in [1.165, 1.54) is 11.1 Å². The molecular formula is C21H24ClN3O. The summed E-state index contributed by atoms with van der Waals surface area (Å²) in [4.78, 5) is 19.7. The predicted octanol–water partition coefficient (Wildman–Crippen LogP) is 2.88. The van der Waals surface area contributed by atoms with E-state index in [4.69, 9.17) is 0 Å². The maximum Gasteiger partial charge on any atom is 0.227 e. The molecule has 1 aromatic heterocycles. The average Bonchev–Trinajstić information content (AvgIpc) is 3.30. The summed E-state index contributed by atoms with van der Waals surface area (Å²) in [5, 5.41) is 3.43. The summed E-state index contributed by atoms with van der Waals surface area (Å²) in [6.45, 7) is 2.47. The Morgan fingerprint density at radius 1 is 1.23 bits per heavy atom. The van der Waals surface area contributed by atoms with Crippen LogP contribution in [0.15, 0.2) is 48.8 Å². The van der Waals surface area contributed by atoms with Gasteiger partial charge >= 0.3 is 0 Å². The van der Waals surface area contributed by atoms with Crippen LogP contribution < -0.4 is 5.32 Å². The molecular weight excluding hydrogens is 346 g/mol. The number of pyridine rings is 1. The van der Waals surface area contributed by atoms with Crippen molar-refractivity contribution in [1.29, 1.82) is 0 Å². The number of piperazine rings is 1. The van der Waals surface area contributed by atoms with E-state index < -0.39 is 0 Å². The summed E-state index contributed by atoms with van der Waals surface area (Å²) in [5.41, 5.74) is 4.13. The van der Waals surface area contributed by atoms with Gasteiger partial charge < -0.3 is 10.2 Å². The molecule has 0 radical (unpaired) electrons. The number of carbonyl (C=O) groups excluding carboxylic acids is 1. The van der Waals surface area contributed by atoms with Crippen molar-refractivity contribution in [3.05, 3.63) is 65.5 Å². The van der Waals surface area contributed by atoms with Crippen LogP contribution in [-0.2, 0) is 16.6 Å². The Hall–Kier alpha value is -1.91. The second-order valence-electron chi connectivity index (χ2n) is 7.61. The number of hydrogen-bond acceptors (Lipinski definition) is 3. The summed E-state index contributed by atoms with van der Waals surface area (Å²) >= 11 is 0. The summed E-state index contributed by atoms with van der Waals surface area (Å²) in [6.07, 6.45) is 6.95. The Morgan fingerprint density at radius 2 is 2.12 bits per heavy atom. The minimum atomic E-state index is 0. The van der Waals surface area contributed by atoms with Gasteiger partial charge in [-0.2, -0.15) is 0 Å². The molecule has 0 bridgehead atoms. The quantitative estimate of drug-likeness (QED) is 0.885. The van der Waals surface area contributed by atoms with Crippen molar-refractivity contribution < 1.29 is 4.79 Å². The van der Waals surface area contributed by atoms with Crippen molar-refractivity contribution in [2.45, 2.75) is 30.7 Å². The van der Waals surface area contributed by atoms with Gasteiger partial charge in [0.2, 0.25) is 5.91 Å². The fourth-order valence-corrected chi connectivity index (χ4v) is 4.96. The smallest absolute Gasteiger partial charge is 0.227 e. The van der Waals surface area contributed by atoms with Gasteiger partial charge in [0.05, 0.1) is 6.04 Å². The van der Waals surface area contributed by atoms with Crippen molar-refractivity contribution >= 4 is 18.3 Å². The van der Waals surface area contributed by atoms with Crippen LogP contribution in [0.2, 0.25) is 0 Å². The van der Waals surface area contributed by atoms with Crippen LogP contribution in [0.5, 0.6) is 0 Å². The molecule has 1 N–H and O–H groups in total. The van der Waals surface area contributed by atoms with Gasteiger partial charge in [0, 0.05) is 43.4 Å². The van der Waals surface area contributed by atoms with Gasteiger partial charge in [-0.15, -0.1) is 12.4 Å². The van der Waals surface area contributed by atoms with Crippen molar-refractivity contribution in [2.75, 3.05) is 19.6 Å². The summed E-state index contributed by atoms with van der Waals surface area (Å²) in [5.74, 6) is 0.500. The highest BCUT2D eigenvalue weighted by molar-refractivity contribution is 5.86. The van der Waals surface area contributed by atoms with Crippen molar-refractivity contribution in [1.82, 2.24) is 15.2 Å². The number of carbonyl (C=O) groups is 1. The first-order valence-corrected chi connectivity index (χ1v) is 9.29. The number of hydrogen-bond donors (Lipinski definition) is 1.